The lowest BCUT2D eigenvalue weighted by atomic mass is 10.1. The number of carbonyl (C=O) groups is 1. The number of phosphoric ester groups is 1. The number of aliphatic hydroxyl groups excluding tert-OH is 1. The number of amides is 1. The minimum absolute atomic E-state index is 0.0469. The number of nitrogens with one attached hydrogen (secondary N) is 1. The van der Waals surface area contributed by atoms with E-state index in [9.17, 15) is 19.4 Å². The molecule has 0 aromatic carbocycles. The second kappa shape index (κ2) is 40.8. The molecule has 0 bridgehead atoms. The SMILES string of the molecule is CC/C=C\C/C=C\C/C=C\C/C=C\C/C=C\CCCCCCCCCCCC(=O)NC(COP(=O)(O)OCC[N+](C)(C)C)C(O)/C=C/CC/C=C/CC/C=C/CCCC. The van der Waals surface area contributed by atoms with Crippen LogP contribution in [0.2, 0.25) is 0 Å². The van der Waals surface area contributed by atoms with E-state index in [1.165, 1.54) is 51.4 Å². The Morgan fingerprint density at radius 1 is 0.593 bits per heavy atom. The van der Waals surface area contributed by atoms with Gasteiger partial charge in [0.1, 0.15) is 13.2 Å². The van der Waals surface area contributed by atoms with Crippen molar-refractivity contribution in [3.8, 4) is 0 Å². The monoisotopic (exact) mass is 844 g/mol. The molecule has 3 atom stereocenters. The van der Waals surface area contributed by atoms with Crippen LogP contribution in [-0.2, 0) is 18.4 Å². The smallest absolute Gasteiger partial charge is 0.387 e. The lowest BCUT2D eigenvalue weighted by Gasteiger charge is -2.25. The van der Waals surface area contributed by atoms with Crippen molar-refractivity contribution < 1.29 is 32.9 Å². The number of unbranched alkanes of at least 4 members (excludes halogenated alkanes) is 13. The van der Waals surface area contributed by atoms with Crippen molar-refractivity contribution in [2.45, 2.75) is 174 Å². The zero-order valence-corrected chi connectivity index (χ0v) is 39.1. The standard InChI is InChI=1S/C50H87N2O6P/c1-6-8-10-12-14-16-18-20-21-22-23-24-25-26-27-28-29-30-31-32-34-36-38-40-42-44-50(54)51-48(47-58-59(55,56)57-46-45-52(3,4)5)49(53)43-41-39-37-35-33-19-17-15-13-11-9-7-2/h8,10,13-16,20-21,23-24,26-27,33,35,41,43,48-49,53H,6-7,9,11-12,17-19,22,25,28-32,34,36-40,42,44-47H2,1-5H3,(H-,51,54,55,56)/p+1/b10-8-,15-13+,16-14-,21-20-,24-23-,27-26-,35-33+,43-41+. The summed E-state index contributed by atoms with van der Waals surface area (Å²) in [4.78, 5) is 23.1. The van der Waals surface area contributed by atoms with Gasteiger partial charge in [0.15, 0.2) is 0 Å². The van der Waals surface area contributed by atoms with Crippen LogP contribution < -0.4 is 5.32 Å². The highest BCUT2D eigenvalue weighted by atomic mass is 31.2. The Bertz CT molecular complexity index is 1280. The first-order chi connectivity index (χ1) is 28.5. The lowest BCUT2D eigenvalue weighted by molar-refractivity contribution is -0.870. The second-order valence-electron chi connectivity index (χ2n) is 16.4. The zero-order chi connectivity index (χ0) is 43.6. The largest absolute Gasteiger partial charge is 0.472 e. The van der Waals surface area contributed by atoms with Gasteiger partial charge in [-0.1, -0.05) is 169 Å². The molecule has 0 aliphatic rings. The van der Waals surface area contributed by atoms with Crippen LogP contribution in [0, 0.1) is 0 Å². The molecule has 0 heterocycles. The van der Waals surface area contributed by atoms with Gasteiger partial charge in [0.05, 0.1) is 39.9 Å². The second-order valence-corrected chi connectivity index (χ2v) is 17.8. The summed E-state index contributed by atoms with van der Waals surface area (Å²) in [5.74, 6) is -0.205. The summed E-state index contributed by atoms with van der Waals surface area (Å²) in [6.07, 6.45) is 57.7. The lowest BCUT2D eigenvalue weighted by Crippen LogP contribution is -2.45. The van der Waals surface area contributed by atoms with Gasteiger partial charge in [-0.3, -0.25) is 13.8 Å². The number of hydrogen-bond acceptors (Lipinski definition) is 5. The number of quaternary nitrogens is 1. The van der Waals surface area contributed by atoms with Crippen molar-refractivity contribution in [3.63, 3.8) is 0 Å². The Hall–Kier alpha value is -2.58. The molecule has 9 heteroatoms. The average Bonchev–Trinajstić information content (AvgIpc) is 3.19. The summed E-state index contributed by atoms with van der Waals surface area (Å²) in [7, 11) is 1.52. The van der Waals surface area contributed by atoms with Crippen molar-refractivity contribution in [2.75, 3.05) is 40.9 Å². The van der Waals surface area contributed by atoms with Crippen LogP contribution >= 0.6 is 7.82 Å². The number of aliphatic hydroxyl groups is 1. The molecule has 1 amide bonds. The van der Waals surface area contributed by atoms with Crippen molar-refractivity contribution in [2.24, 2.45) is 0 Å². The quantitative estimate of drug-likeness (QED) is 0.0246. The summed E-state index contributed by atoms with van der Waals surface area (Å²) in [5, 5.41) is 13.8. The molecule has 0 saturated heterocycles. The number of nitrogens with zero attached hydrogens (tertiary/aromatic N) is 1. The Morgan fingerprint density at radius 3 is 1.56 bits per heavy atom. The Kier molecular flexibility index (Phi) is 39.0. The van der Waals surface area contributed by atoms with Gasteiger partial charge in [0, 0.05) is 6.42 Å². The zero-order valence-electron chi connectivity index (χ0n) is 38.2. The fourth-order valence-corrected chi connectivity index (χ4v) is 6.58. The minimum atomic E-state index is -4.36. The Morgan fingerprint density at radius 2 is 1.03 bits per heavy atom. The van der Waals surface area contributed by atoms with E-state index in [-0.39, 0.29) is 19.1 Å². The third-order valence-corrected chi connectivity index (χ3v) is 10.5. The first-order valence-corrected chi connectivity index (χ1v) is 24.6. The summed E-state index contributed by atoms with van der Waals surface area (Å²) < 4.78 is 23.5. The van der Waals surface area contributed by atoms with E-state index in [2.05, 4.69) is 104 Å². The molecule has 8 nitrogen and oxygen atoms in total. The highest BCUT2D eigenvalue weighted by molar-refractivity contribution is 7.47. The van der Waals surface area contributed by atoms with Crippen molar-refractivity contribution in [3.05, 3.63) is 97.2 Å². The topological polar surface area (TPSA) is 105 Å². The molecule has 0 radical (unpaired) electrons. The van der Waals surface area contributed by atoms with Crippen molar-refractivity contribution >= 4 is 13.7 Å². The van der Waals surface area contributed by atoms with Crippen molar-refractivity contribution in [1.82, 2.24) is 5.32 Å². The number of likely N-dealkylation sites (N-methyl/N-ethyl adjacent to an activating group) is 1. The maximum atomic E-state index is 12.9. The molecular formula is C50H88N2O6P+. The van der Waals surface area contributed by atoms with Crippen LogP contribution in [0.25, 0.3) is 0 Å². The molecular weight excluding hydrogens is 756 g/mol. The summed E-state index contributed by atoms with van der Waals surface area (Å²) in [6.45, 7) is 4.59. The molecule has 0 rings (SSSR count). The van der Waals surface area contributed by atoms with E-state index < -0.39 is 20.0 Å². The molecule has 0 saturated carbocycles. The van der Waals surface area contributed by atoms with Gasteiger partial charge in [0.25, 0.3) is 0 Å². The first-order valence-electron chi connectivity index (χ1n) is 23.1. The van der Waals surface area contributed by atoms with Crippen LogP contribution in [0.5, 0.6) is 0 Å². The summed E-state index contributed by atoms with van der Waals surface area (Å²) >= 11 is 0. The highest BCUT2D eigenvalue weighted by Gasteiger charge is 2.27. The molecule has 59 heavy (non-hydrogen) atoms. The summed E-state index contributed by atoms with van der Waals surface area (Å²) in [5.41, 5.74) is 0. The minimum Gasteiger partial charge on any atom is -0.387 e. The first kappa shape index (κ1) is 56.4. The number of allylic oxidation sites excluding steroid dienone is 15. The number of hydrogen-bond donors (Lipinski definition) is 3. The van der Waals surface area contributed by atoms with Crippen LogP contribution in [0.3, 0.4) is 0 Å². The maximum absolute atomic E-state index is 12.9. The molecule has 0 aliphatic heterocycles. The predicted molar refractivity (Wildman–Crippen MR) is 253 cm³/mol. The molecule has 0 aromatic heterocycles. The molecule has 0 aromatic rings. The van der Waals surface area contributed by atoms with Gasteiger partial charge < -0.3 is 19.8 Å². The van der Waals surface area contributed by atoms with E-state index in [4.69, 9.17) is 9.05 Å². The Labute approximate surface area is 362 Å². The van der Waals surface area contributed by atoms with Gasteiger partial charge in [-0.05, 0) is 83.5 Å². The van der Waals surface area contributed by atoms with Gasteiger partial charge in [-0.25, -0.2) is 4.57 Å². The third-order valence-electron chi connectivity index (χ3n) is 9.52. The molecule has 3 unspecified atom stereocenters. The van der Waals surface area contributed by atoms with Gasteiger partial charge in [0.2, 0.25) is 5.91 Å². The molecule has 0 fully saturated rings. The number of phosphoric acid groups is 1. The maximum Gasteiger partial charge on any atom is 0.472 e. The van der Waals surface area contributed by atoms with Crippen molar-refractivity contribution in [1.29, 1.82) is 0 Å². The molecule has 338 valence electrons. The van der Waals surface area contributed by atoms with Crippen LogP contribution in [0.1, 0.15) is 162 Å². The van der Waals surface area contributed by atoms with E-state index >= 15 is 0 Å². The highest BCUT2D eigenvalue weighted by Crippen LogP contribution is 2.43. The number of carbonyl (C=O) groups excluding carboxylic acids is 1. The molecule has 3 N–H and O–H groups in total. The number of rotatable bonds is 40. The van der Waals surface area contributed by atoms with E-state index in [1.807, 2.05) is 27.2 Å². The normalized spacial score (nSPS) is 15.2. The van der Waals surface area contributed by atoms with E-state index in [1.54, 1.807) is 6.08 Å². The third kappa shape index (κ3) is 43.3. The predicted octanol–water partition coefficient (Wildman–Crippen LogP) is 13.1. The average molecular weight is 844 g/mol. The van der Waals surface area contributed by atoms with E-state index in [0.717, 1.165) is 89.9 Å². The fraction of sp³-hybridized carbons (Fsp3) is 0.660. The van der Waals surface area contributed by atoms with E-state index in [0.29, 0.717) is 17.4 Å². The Balaban J connectivity index is 4.35. The van der Waals surface area contributed by atoms with Crippen LogP contribution in [0.4, 0.5) is 0 Å². The fourth-order valence-electron chi connectivity index (χ4n) is 5.85. The van der Waals surface area contributed by atoms with Crippen LogP contribution in [-0.4, -0.2) is 73.4 Å². The summed E-state index contributed by atoms with van der Waals surface area (Å²) in [6, 6.07) is -0.878. The van der Waals surface area contributed by atoms with Gasteiger partial charge in [-0.15, -0.1) is 0 Å². The molecule has 0 spiro atoms. The molecule has 0 aliphatic carbocycles. The van der Waals surface area contributed by atoms with Gasteiger partial charge in [-0.2, -0.15) is 0 Å². The van der Waals surface area contributed by atoms with Crippen LogP contribution in [0.15, 0.2) is 97.2 Å². The van der Waals surface area contributed by atoms with Gasteiger partial charge >= 0.3 is 7.82 Å².